The smallest absolute Gasteiger partial charge is 0.247 e. The van der Waals surface area contributed by atoms with Crippen LogP contribution in [-0.4, -0.2) is 49.3 Å². The second-order valence-electron chi connectivity index (χ2n) is 8.38. The van der Waals surface area contributed by atoms with E-state index in [1.54, 1.807) is 13.0 Å². The molecule has 2 aliphatic rings. The minimum atomic E-state index is -0.275. The molecule has 0 radical (unpaired) electrons. The molecule has 31 heavy (non-hydrogen) atoms. The SMILES string of the molecule is CC=C(C=C(C)C(=O)NC1COC2C(NC(=O)CC(C)C)COC12)Oc1ccccc1. The molecule has 2 N–H and O–H groups in total. The Kier molecular flexibility index (Phi) is 7.87. The number of fused-ring (bicyclic) bond motifs is 1. The van der Waals surface area contributed by atoms with E-state index in [0.29, 0.717) is 36.7 Å². The van der Waals surface area contributed by atoms with Gasteiger partial charge in [-0.25, -0.2) is 0 Å². The number of allylic oxidation sites excluding steroid dienone is 2. The molecule has 1 aromatic carbocycles. The number of hydrogen-bond donors (Lipinski definition) is 2. The topological polar surface area (TPSA) is 85.9 Å². The second kappa shape index (κ2) is 10.6. The van der Waals surface area contributed by atoms with E-state index in [2.05, 4.69) is 10.6 Å². The lowest BCUT2D eigenvalue weighted by atomic mass is 10.0. The van der Waals surface area contributed by atoms with Gasteiger partial charge in [0.1, 0.15) is 23.7 Å². The minimum Gasteiger partial charge on any atom is -0.458 e. The zero-order valence-corrected chi connectivity index (χ0v) is 18.6. The van der Waals surface area contributed by atoms with Crippen molar-refractivity contribution in [2.24, 2.45) is 5.92 Å². The van der Waals surface area contributed by atoms with Gasteiger partial charge in [0.2, 0.25) is 11.8 Å². The molecule has 2 amide bonds. The third kappa shape index (κ3) is 6.18. The van der Waals surface area contributed by atoms with Crippen LogP contribution in [0.1, 0.15) is 34.1 Å². The van der Waals surface area contributed by atoms with Crippen molar-refractivity contribution in [3.63, 3.8) is 0 Å². The molecule has 1 aromatic rings. The van der Waals surface area contributed by atoms with E-state index in [1.807, 2.05) is 57.2 Å². The molecule has 0 aromatic heterocycles. The average molecular weight is 429 g/mol. The Balaban J connectivity index is 1.54. The summed E-state index contributed by atoms with van der Waals surface area (Å²) < 4.78 is 17.5. The van der Waals surface area contributed by atoms with Crippen LogP contribution < -0.4 is 15.4 Å². The summed E-state index contributed by atoms with van der Waals surface area (Å²) in [5.41, 5.74) is 0.521. The molecule has 7 heteroatoms. The van der Waals surface area contributed by atoms with Crippen LogP contribution in [0.25, 0.3) is 0 Å². The molecule has 4 unspecified atom stereocenters. The van der Waals surface area contributed by atoms with Crippen molar-refractivity contribution < 1.29 is 23.8 Å². The Morgan fingerprint density at radius 1 is 1.10 bits per heavy atom. The number of amides is 2. The first-order valence-electron chi connectivity index (χ1n) is 10.8. The van der Waals surface area contributed by atoms with Crippen molar-refractivity contribution in [1.29, 1.82) is 0 Å². The van der Waals surface area contributed by atoms with Crippen LogP contribution in [0.5, 0.6) is 5.75 Å². The first kappa shape index (κ1) is 23.0. The molecular formula is C24H32N2O5. The summed E-state index contributed by atoms with van der Waals surface area (Å²) in [5, 5.41) is 5.99. The third-order valence-corrected chi connectivity index (χ3v) is 5.29. The van der Waals surface area contributed by atoms with E-state index in [-0.39, 0.29) is 42.0 Å². The molecule has 2 fully saturated rings. The fourth-order valence-electron chi connectivity index (χ4n) is 3.74. The largest absolute Gasteiger partial charge is 0.458 e. The highest BCUT2D eigenvalue weighted by molar-refractivity contribution is 5.93. The van der Waals surface area contributed by atoms with E-state index < -0.39 is 0 Å². The van der Waals surface area contributed by atoms with E-state index in [4.69, 9.17) is 14.2 Å². The fourth-order valence-corrected chi connectivity index (χ4v) is 3.74. The molecule has 7 nitrogen and oxygen atoms in total. The number of hydrogen-bond acceptors (Lipinski definition) is 5. The van der Waals surface area contributed by atoms with Gasteiger partial charge in [-0.05, 0) is 44.1 Å². The standard InChI is InChI=1S/C24H32N2O5/c1-5-17(31-18-9-7-6-8-10-18)12-16(4)24(28)26-20-14-30-22-19(13-29-23(20)22)25-21(27)11-15(2)3/h5-10,12,15,19-20,22-23H,11,13-14H2,1-4H3,(H,25,27)(H,26,28). The summed E-state index contributed by atoms with van der Waals surface area (Å²) in [6, 6.07) is 8.96. The zero-order chi connectivity index (χ0) is 22.4. The molecule has 2 saturated heterocycles. The zero-order valence-electron chi connectivity index (χ0n) is 18.6. The average Bonchev–Trinajstić information content (AvgIpc) is 3.31. The van der Waals surface area contributed by atoms with Crippen molar-refractivity contribution in [3.8, 4) is 5.75 Å². The fraction of sp³-hybridized carbons (Fsp3) is 0.500. The van der Waals surface area contributed by atoms with Crippen molar-refractivity contribution >= 4 is 11.8 Å². The van der Waals surface area contributed by atoms with Gasteiger partial charge in [-0.3, -0.25) is 9.59 Å². The lowest BCUT2D eigenvalue weighted by molar-refractivity contribution is -0.123. The second-order valence-corrected chi connectivity index (χ2v) is 8.38. The Morgan fingerprint density at radius 3 is 2.29 bits per heavy atom. The summed E-state index contributed by atoms with van der Waals surface area (Å²) in [6.07, 6.45) is 3.46. The maximum Gasteiger partial charge on any atom is 0.247 e. The van der Waals surface area contributed by atoms with Crippen LogP contribution in [0.3, 0.4) is 0 Å². The van der Waals surface area contributed by atoms with Crippen LogP contribution in [-0.2, 0) is 19.1 Å². The number of benzene rings is 1. The Hall–Kier alpha value is -2.64. The normalized spacial score (nSPS) is 26.0. The molecule has 2 aliphatic heterocycles. The highest BCUT2D eigenvalue weighted by Gasteiger charge is 2.48. The van der Waals surface area contributed by atoms with E-state index >= 15 is 0 Å². The number of carbonyl (C=O) groups is 2. The van der Waals surface area contributed by atoms with Gasteiger partial charge in [0.25, 0.3) is 0 Å². The maximum absolute atomic E-state index is 12.7. The summed E-state index contributed by atoms with van der Waals surface area (Å²) in [5.74, 6) is 1.37. The van der Waals surface area contributed by atoms with Gasteiger partial charge < -0.3 is 24.8 Å². The molecule has 0 spiro atoms. The quantitative estimate of drug-likeness (QED) is 0.378. The molecule has 0 saturated carbocycles. The van der Waals surface area contributed by atoms with Crippen LogP contribution >= 0.6 is 0 Å². The van der Waals surface area contributed by atoms with Crippen molar-refractivity contribution in [1.82, 2.24) is 10.6 Å². The van der Waals surface area contributed by atoms with Gasteiger partial charge in [-0.2, -0.15) is 0 Å². The Labute approximate surface area is 183 Å². The van der Waals surface area contributed by atoms with Crippen molar-refractivity contribution in [2.45, 2.75) is 58.4 Å². The summed E-state index contributed by atoms with van der Waals surface area (Å²) in [6.45, 7) is 8.34. The first-order valence-corrected chi connectivity index (χ1v) is 10.8. The van der Waals surface area contributed by atoms with Gasteiger partial charge in [0.05, 0.1) is 25.3 Å². The molecule has 2 heterocycles. The molecular weight excluding hydrogens is 396 g/mol. The van der Waals surface area contributed by atoms with Crippen LogP contribution in [0.4, 0.5) is 0 Å². The third-order valence-electron chi connectivity index (χ3n) is 5.29. The molecule has 3 rings (SSSR count). The van der Waals surface area contributed by atoms with E-state index in [1.165, 1.54) is 0 Å². The van der Waals surface area contributed by atoms with Gasteiger partial charge in [-0.15, -0.1) is 0 Å². The predicted molar refractivity (Wildman–Crippen MR) is 117 cm³/mol. The molecule has 4 atom stereocenters. The summed E-state index contributed by atoms with van der Waals surface area (Å²) in [4.78, 5) is 24.8. The van der Waals surface area contributed by atoms with Gasteiger partial charge in [0.15, 0.2) is 0 Å². The number of nitrogens with one attached hydrogen (secondary N) is 2. The van der Waals surface area contributed by atoms with Crippen molar-refractivity contribution in [3.05, 3.63) is 53.8 Å². The number of rotatable bonds is 8. The lowest BCUT2D eigenvalue weighted by Gasteiger charge is -2.19. The van der Waals surface area contributed by atoms with Crippen LogP contribution in [0, 0.1) is 5.92 Å². The number of carbonyl (C=O) groups excluding carboxylic acids is 2. The highest BCUT2D eigenvalue weighted by atomic mass is 16.6. The molecule has 0 bridgehead atoms. The molecule has 0 aliphatic carbocycles. The minimum absolute atomic E-state index is 0.00332. The maximum atomic E-state index is 12.7. The summed E-state index contributed by atoms with van der Waals surface area (Å²) in [7, 11) is 0. The van der Waals surface area contributed by atoms with Crippen molar-refractivity contribution in [2.75, 3.05) is 13.2 Å². The van der Waals surface area contributed by atoms with Crippen LogP contribution in [0.15, 0.2) is 53.8 Å². The number of para-hydroxylation sites is 1. The van der Waals surface area contributed by atoms with E-state index in [9.17, 15) is 9.59 Å². The van der Waals surface area contributed by atoms with Gasteiger partial charge >= 0.3 is 0 Å². The number of ether oxygens (including phenoxy) is 3. The molecule has 168 valence electrons. The predicted octanol–water partition coefficient (Wildman–Crippen LogP) is 2.73. The van der Waals surface area contributed by atoms with Gasteiger partial charge in [0, 0.05) is 12.0 Å². The summed E-state index contributed by atoms with van der Waals surface area (Å²) >= 11 is 0. The first-order chi connectivity index (χ1) is 14.9. The van der Waals surface area contributed by atoms with Gasteiger partial charge in [-0.1, -0.05) is 32.0 Å². The Morgan fingerprint density at radius 2 is 1.71 bits per heavy atom. The van der Waals surface area contributed by atoms with Crippen LogP contribution in [0.2, 0.25) is 0 Å². The van der Waals surface area contributed by atoms with E-state index in [0.717, 1.165) is 0 Å². The Bertz CT molecular complexity index is 834. The highest BCUT2D eigenvalue weighted by Crippen LogP contribution is 2.27. The monoisotopic (exact) mass is 428 g/mol. The lowest BCUT2D eigenvalue weighted by Crippen LogP contribution is -2.47.